The maximum Gasteiger partial charge on any atom is 0.286 e. The predicted molar refractivity (Wildman–Crippen MR) is 130 cm³/mol. The topological polar surface area (TPSA) is 89.8 Å². The van der Waals surface area contributed by atoms with Gasteiger partial charge in [-0.3, -0.25) is 14.2 Å². The van der Waals surface area contributed by atoms with Crippen LogP contribution in [0.25, 0.3) is 10.9 Å². The van der Waals surface area contributed by atoms with Gasteiger partial charge in [0, 0.05) is 49.6 Å². The van der Waals surface area contributed by atoms with Crippen molar-refractivity contribution in [3.05, 3.63) is 47.9 Å². The molecule has 2 N–H and O–H groups in total. The fourth-order valence-corrected chi connectivity index (χ4v) is 5.36. The maximum absolute atomic E-state index is 13.2. The third kappa shape index (κ3) is 5.20. The molecule has 1 aliphatic carbocycles. The fraction of sp³-hybridized carbons (Fsp3) is 0.556. The molecule has 7 nitrogen and oxygen atoms in total. The van der Waals surface area contributed by atoms with E-state index in [4.69, 9.17) is 9.47 Å². The highest BCUT2D eigenvalue weighted by Gasteiger charge is 2.39. The number of nitrogens with one attached hydrogen (secondary N) is 1. The van der Waals surface area contributed by atoms with Crippen molar-refractivity contribution in [3.8, 4) is 0 Å². The maximum atomic E-state index is 13.2. The molecule has 0 saturated heterocycles. The van der Waals surface area contributed by atoms with Gasteiger partial charge in [-0.25, -0.2) is 0 Å². The van der Waals surface area contributed by atoms with E-state index in [9.17, 15) is 14.7 Å². The van der Waals surface area contributed by atoms with E-state index in [0.717, 1.165) is 42.1 Å². The number of fused-ring (bicyclic) bond motifs is 1. The van der Waals surface area contributed by atoms with Crippen LogP contribution >= 0.6 is 0 Å². The molecule has 184 valence electrons. The van der Waals surface area contributed by atoms with Crippen LogP contribution < -0.4 is 5.32 Å². The minimum absolute atomic E-state index is 0.0655. The predicted octanol–water partition coefficient (Wildman–Crippen LogP) is 4.50. The van der Waals surface area contributed by atoms with E-state index in [1.807, 2.05) is 43.5 Å². The number of allylic oxidation sites excluding steroid dienone is 1. The molecule has 34 heavy (non-hydrogen) atoms. The summed E-state index contributed by atoms with van der Waals surface area (Å²) in [5, 5.41) is 13.7. The Balaban J connectivity index is 1.75. The van der Waals surface area contributed by atoms with Gasteiger partial charge in [-0.1, -0.05) is 37.5 Å². The van der Waals surface area contributed by atoms with Gasteiger partial charge in [0.25, 0.3) is 5.91 Å². The number of rotatable bonds is 8. The zero-order valence-electron chi connectivity index (χ0n) is 20.2. The molecule has 7 heteroatoms. The van der Waals surface area contributed by atoms with E-state index in [1.165, 1.54) is 6.42 Å². The third-order valence-electron chi connectivity index (χ3n) is 7.02. The summed E-state index contributed by atoms with van der Waals surface area (Å²) in [6.45, 7) is 3.96. The smallest absolute Gasteiger partial charge is 0.286 e. The van der Waals surface area contributed by atoms with E-state index in [-0.39, 0.29) is 42.1 Å². The number of benzene rings is 1. The Morgan fingerprint density at radius 2 is 1.97 bits per heavy atom. The van der Waals surface area contributed by atoms with Gasteiger partial charge in [0.05, 0.1) is 5.52 Å². The number of para-hydroxylation sites is 1. The molecule has 0 unspecified atom stereocenters. The monoisotopic (exact) mass is 468 g/mol. The van der Waals surface area contributed by atoms with Crippen LogP contribution in [0.15, 0.2) is 42.3 Å². The first kappa shape index (κ1) is 24.5. The van der Waals surface area contributed by atoms with Crippen molar-refractivity contribution >= 4 is 22.7 Å². The Hall–Kier alpha value is -2.64. The minimum Gasteiger partial charge on any atom is -0.459 e. The largest absolute Gasteiger partial charge is 0.459 e. The van der Waals surface area contributed by atoms with Crippen molar-refractivity contribution in [2.75, 3.05) is 13.2 Å². The van der Waals surface area contributed by atoms with Crippen LogP contribution in [-0.4, -0.2) is 47.0 Å². The lowest BCUT2D eigenvalue weighted by Crippen LogP contribution is -2.42. The molecule has 0 radical (unpaired) electrons. The summed E-state index contributed by atoms with van der Waals surface area (Å²) in [4.78, 5) is 25.6. The summed E-state index contributed by atoms with van der Waals surface area (Å²) in [5.41, 5.74) is 1.80. The quantitative estimate of drug-likeness (QED) is 0.595. The summed E-state index contributed by atoms with van der Waals surface area (Å²) in [6.07, 6.45) is 9.87. The number of carbonyl (C=O) groups is 2. The Labute approximate surface area is 201 Å². The standard InChI is InChI=1S/C27H36N2O5/c1-3-33-27-21(13-9-15-30)22(16-25(34-27)26(32)28-19-10-5-4-6-11-19)23-17-29(18(2)31)24-14-8-7-12-20(23)24/h7-8,12,14,16-17,19,21-22,27,30H,3-6,9-11,13,15H2,1-2H3,(H,28,32)/t21-,22-,27+/m1/s1. The first-order valence-corrected chi connectivity index (χ1v) is 12.6. The van der Waals surface area contributed by atoms with Gasteiger partial charge in [-0.05, 0) is 50.3 Å². The Morgan fingerprint density at radius 1 is 1.21 bits per heavy atom. The number of aromatic nitrogens is 1. The molecule has 2 aliphatic rings. The van der Waals surface area contributed by atoms with Gasteiger partial charge in [0.2, 0.25) is 12.2 Å². The summed E-state index contributed by atoms with van der Waals surface area (Å²) in [7, 11) is 0. The molecule has 3 atom stereocenters. The van der Waals surface area contributed by atoms with Crippen molar-refractivity contribution in [1.29, 1.82) is 0 Å². The molecule has 0 spiro atoms. The molecular weight excluding hydrogens is 432 g/mol. The SMILES string of the molecule is CCO[C@H]1OC(C(=O)NC2CCCCC2)=C[C@@H](c2cn(C(C)=O)c3ccccc23)[C@H]1CCCO. The number of ether oxygens (including phenoxy) is 2. The zero-order valence-corrected chi connectivity index (χ0v) is 20.2. The normalized spacial score (nSPS) is 23.4. The van der Waals surface area contributed by atoms with Gasteiger partial charge in [-0.2, -0.15) is 0 Å². The first-order valence-electron chi connectivity index (χ1n) is 12.6. The van der Waals surface area contributed by atoms with Crippen molar-refractivity contribution in [3.63, 3.8) is 0 Å². The molecule has 1 saturated carbocycles. The number of hydrogen-bond acceptors (Lipinski definition) is 5. The van der Waals surface area contributed by atoms with Crippen LogP contribution in [0.4, 0.5) is 0 Å². The molecule has 1 aliphatic heterocycles. The number of aliphatic hydroxyl groups is 1. The summed E-state index contributed by atoms with van der Waals surface area (Å²) in [6, 6.07) is 7.98. The van der Waals surface area contributed by atoms with Gasteiger partial charge in [0.15, 0.2) is 5.76 Å². The lowest BCUT2D eigenvalue weighted by molar-refractivity contribution is -0.166. The average molecular weight is 469 g/mol. The van der Waals surface area contributed by atoms with Gasteiger partial charge in [-0.15, -0.1) is 0 Å². The molecule has 1 fully saturated rings. The molecule has 2 aromatic rings. The second-order valence-electron chi connectivity index (χ2n) is 9.33. The Bertz CT molecular complexity index is 1040. The van der Waals surface area contributed by atoms with E-state index >= 15 is 0 Å². The van der Waals surface area contributed by atoms with E-state index in [0.29, 0.717) is 19.4 Å². The van der Waals surface area contributed by atoms with Crippen molar-refractivity contribution in [1.82, 2.24) is 9.88 Å². The van der Waals surface area contributed by atoms with Crippen LogP contribution in [0.1, 0.15) is 75.1 Å². The molecule has 1 aromatic heterocycles. The second-order valence-corrected chi connectivity index (χ2v) is 9.33. The van der Waals surface area contributed by atoms with Crippen LogP contribution in [0.2, 0.25) is 0 Å². The third-order valence-corrected chi connectivity index (χ3v) is 7.02. The number of carbonyl (C=O) groups excluding carboxylic acids is 2. The van der Waals surface area contributed by atoms with Crippen LogP contribution in [0.5, 0.6) is 0 Å². The second kappa shape index (κ2) is 11.2. The molecule has 0 bridgehead atoms. The number of amides is 1. The Morgan fingerprint density at radius 3 is 2.68 bits per heavy atom. The number of aliphatic hydroxyl groups excluding tert-OH is 1. The first-order chi connectivity index (χ1) is 16.5. The molecule has 1 aromatic carbocycles. The van der Waals surface area contributed by atoms with E-state index in [1.54, 1.807) is 11.5 Å². The van der Waals surface area contributed by atoms with Crippen LogP contribution in [0, 0.1) is 5.92 Å². The van der Waals surface area contributed by atoms with Crippen LogP contribution in [-0.2, 0) is 14.3 Å². The summed E-state index contributed by atoms with van der Waals surface area (Å²) >= 11 is 0. The lowest BCUT2D eigenvalue weighted by atomic mass is 9.80. The summed E-state index contributed by atoms with van der Waals surface area (Å²) < 4.78 is 13.8. The zero-order chi connectivity index (χ0) is 24.1. The highest BCUT2D eigenvalue weighted by Crippen LogP contribution is 2.42. The van der Waals surface area contributed by atoms with Crippen LogP contribution in [0.3, 0.4) is 0 Å². The van der Waals surface area contributed by atoms with Crippen molar-refractivity contribution in [2.24, 2.45) is 5.92 Å². The van der Waals surface area contributed by atoms with Gasteiger partial charge < -0.3 is 19.9 Å². The highest BCUT2D eigenvalue weighted by molar-refractivity contribution is 5.95. The molecular formula is C27H36N2O5. The number of nitrogens with zero attached hydrogens (tertiary/aromatic N) is 1. The molecule has 4 rings (SSSR count). The summed E-state index contributed by atoms with van der Waals surface area (Å²) in [5.74, 6) is -0.313. The highest BCUT2D eigenvalue weighted by atomic mass is 16.7. The van der Waals surface area contributed by atoms with Gasteiger partial charge >= 0.3 is 0 Å². The van der Waals surface area contributed by atoms with Gasteiger partial charge in [0.1, 0.15) is 0 Å². The van der Waals surface area contributed by atoms with E-state index in [2.05, 4.69) is 5.32 Å². The average Bonchev–Trinajstić information content (AvgIpc) is 3.23. The van der Waals surface area contributed by atoms with Crippen molar-refractivity contribution < 1.29 is 24.2 Å². The molecule has 1 amide bonds. The number of hydrogen-bond donors (Lipinski definition) is 2. The molecule has 2 heterocycles. The fourth-order valence-electron chi connectivity index (χ4n) is 5.36. The minimum atomic E-state index is -0.613. The van der Waals surface area contributed by atoms with Crippen molar-refractivity contribution in [2.45, 2.75) is 77.0 Å². The Kier molecular flexibility index (Phi) is 8.06. The lowest BCUT2D eigenvalue weighted by Gasteiger charge is -2.37. The van der Waals surface area contributed by atoms with E-state index < -0.39 is 6.29 Å².